The zero-order valence-corrected chi connectivity index (χ0v) is 36.6. The lowest BCUT2D eigenvalue weighted by Gasteiger charge is -2.18. The minimum Gasteiger partial charge on any atom is -0.462 e. The van der Waals surface area contributed by atoms with Gasteiger partial charge >= 0.3 is 17.9 Å². The Morgan fingerprint density at radius 3 is 1.28 bits per heavy atom. The minimum atomic E-state index is -0.827. The van der Waals surface area contributed by atoms with Crippen molar-refractivity contribution in [1.82, 2.24) is 0 Å². The third-order valence-electron chi connectivity index (χ3n) is 9.08. The standard InChI is InChI=1S/C51H82O6/c1-4-7-10-13-16-19-22-24-25-26-27-30-32-35-38-41-44-50(53)56-47-48(46-55-49(52)43-40-37-34-31-28-21-18-15-12-9-6-3)57-51(54)45-42-39-36-33-29-23-20-17-14-11-8-5-2/h8-9,11-12,17-18,20-21,25-27,29-31,33-34,48H,4-7,10,13-16,19,22-24,28,32,35-47H2,1-3H3/b11-8-,12-9-,20-17-,21-18-,26-25-,30-27-,33-29-,34-31-. The molecule has 0 heterocycles. The van der Waals surface area contributed by atoms with E-state index in [9.17, 15) is 14.4 Å². The predicted octanol–water partition coefficient (Wildman–Crippen LogP) is 14.6. The van der Waals surface area contributed by atoms with E-state index >= 15 is 0 Å². The topological polar surface area (TPSA) is 78.9 Å². The van der Waals surface area contributed by atoms with E-state index < -0.39 is 6.10 Å². The maximum Gasteiger partial charge on any atom is 0.306 e. The van der Waals surface area contributed by atoms with Gasteiger partial charge in [0.1, 0.15) is 13.2 Å². The van der Waals surface area contributed by atoms with E-state index in [1.165, 1.54) is 44.9 Å². The highest BCUT2D eigenvalue weighted by Gasteiger charge is 2.19. The number of carbonyl (C=O) groups is 3. The fourth-order valence-electron chi connectivity index (χ4n) is 5.70. The van der Waals surface area contributed by atoms with Crippen LogP contribution in [-0.4, -0.2) is 37.2 Å². The summed E-state index contributed by atoms with van der Waals surface area (Å²) >= 11 is 0. The van der Waals surface area contributed by atoms with Crippen molar-refractivity contribution in [2.75, 3.05) is 13.2 Å². The molecule has 0 aromatic heterocycles. The molecule has 0 bridgehead atoms. The summed E-state index contributed by atoms with van der Waals surface area (Å²) in [6.45, 7) is 6.26. The first-order valence-electron chi connectivity index (χ1n) is 22.8. The highest BCUT2D eigenvalue weighted by Crippen LogP contribution is 2.11. The first kappa shape index (κ1) is 53.3. The molecule has 1 atom stereocenters. The summed E-state index contributed by atoms with van der Waals surface area (Å²) in [6.07, 6.45) is 58.4. The molecule has 0 amide bonds. The molecule has 0 aliphatic heterocycles. The lowest BCUT2D eigenvalue weighted by molar-refractivity contribution is -0.167. The fraction of sp³-hybridized carbons (Fsp3) is 0.627. The highest BCUT2D eigenvalue weighted by molar-refractivity contribution is 5.71. The molecule has 0 aliphatic carbocycles. The van der Waals surface area contributed by atoms with Crippen LogP contribution in [0.25, 0.3) is 0 Å². The number of unbranched alkanes of at least 4 members (excludes halogenated alkanes) is 13. The summed E-state index contributed by atoms with van der Waals surface area (Å²) in [5.41, 5.74) is 0. The van der Waals surface area contributed by atoms with Crippen LogP contribution in [0.3, 0.4) is 0 Å². The van der Waals surface area contributed by atoms with Crippen LogP contribution in [0.2, 0.25) is 0 Å². The van der Waals surface area contributed by atoms with Crippen molar-refractivity contribution in [1.29, 1.82) is 0 Å². The Balaban J connectivity index is 4.54. The van der Waals surface area contributed by atoms with Gasteiger partial charge < -0.3 is 14.2 Å². The van der Waals surface area contributed by atoms with E-state index in [1.807, 2.05) is 0 Å². The number of ether oxygens (including phenoxy) is 3. The number of hydrogen-bond donors (Lipinski definition) is 0. The molecular formula is C51H82O6. The van der Waals surface area contributed by atoms with Crippen LogP contribution in [0.5, 0.6) is 0 Å². The van der Waals surface area contributed by atoms with Crippen LogP contribution in [-0.2, 0) is 28.6 Å². The van der Waals surface area contributed by atoms with E-state index in [4.69, 9.17) is 14.2 Å². The molecule has 6 heteroatoms. The lowest BCUT2D eigenvalue weighted by atomic mass is 10.1. The first-order valence-corrected chi connectivity index (χ1v) is 22.8. The second-order valence-electron chi connectivity index (χ2n) is 14.6. The molecule has 0 aromatic rings. The van der Waals surface area contributed by atoms with Crippen molar-refractivity contribution in [2.24, 2.45) is 0 Å². The van der Waals surface area contributed by atoms with Crippen LogP contribution >= 0.6 is 0 Å². The van der Waals surface area contributed by atoms with Gasteiger partial charge in [-0.3, -0.25) is 14.4 Å². The maximum atomic E-state index is 12.7. The molecule has 57 heavy (non-hydrogen) atoms. The normalized spacial score (nSPS) is 13.0. The van der Waals surface area contributed by atoms with Crippen LogP contribution in [0.4, 0.5) is 0 Å². The van der Waals surface area contributed by atoms with E-state index in [-0.39, 0.29) is 44.0 Å². The fourth-order valence-corrected chi connectivity index (χ4v) is 5.70. The van der Waals surface area contributed by atoms with Crippen LogP contribution in [0.15, 0.2) is 97.2 Å². The van der Waals surface area contributed by atoms with Gasteiger partial charge in [0, 0.05) is 19.3 Å². The third-order valence-corrected chi connectivity index (χ3v) is 9.08. The molecule has 0 aliphatic rings. The van der Waals surface area contributed by atoms with E-state index in [0.717, 1.165) is 89.9 Å². The van der Waals surface area contributed by atoms with Gasteiger partial charge in [-0.25, -0.2) is 0 Å². The Morgan fingerprint density at radius 2 is 0.754 bits per heavy atom. The molecule has 0 saturated heterocycles. The molecule has 0 N–H and O–H groups in total. The van der Waals surface area contributed by atoms with E-state index in [2.05, 4.69) is 118 Å². The third kappa shape index (κ3) is 43.3. The Morgan fingerprint density at radius 1 is 0.386 bits per heavy atom. The summed E-state index contributed by atoms with van der Waals surface area (Å²) in [5.74, 6) is -1.06. The quantitative estimate of drug-likeness (QED) is 0.0203. The molecule has 0 fully saturated rings. The number of rotatable bonds is 39. The second-order valence-corrected chi connectivity index (χ2v) is 14.6. The van der Waals surface area contributed by atoms with Gasteiger partial charge in [-0.1, -0.05) is 163 Å². The number of esters is 3. The van der Waals surface area contributed by atoms with E-state index in [0.29, 0.717) is 19.3 Å². The van der Waals surface area contributed by atoms with Gasteiger partial charge in [0.2, 0.25) is 0 Å². The summed E-state index contributed by atoms with van der Waals surface area (Å²) in [6, 6.07) is 0. The van der Waals surface area contributed by atoms with Crippen LogP contribution in [0.1, 0.15) is 188 Å². The summed E-state index contributed by atoms with van der Waals surface area (Å²) in [5, 5.41) is 0. The summed E-state index contributed by atoms with van der Waals surface area (Å²) < 4.78 is 16.6. The van der Waals surface area contributed by atoms with Gasteiger partial charge in [-0.2, -0.15) is 0 Å². The van der Waals surface area contributed by atoms with Gasteiger partial charge in [0.05, 0.1) is 0 Å². The van der Waals surface area contributed by atoms with E-state index in [1.54, 1.807) is 0 Å². The minimum absolute atomic E-state index is 0.124. The van der Waals surface area contributed by atoms with Gasteiger partial charge in [0.15, 0.2) is 6.10 Å². The molecule has 0 saturated carbocycles. The van der Waals surface area contributed by atoms with Gasteiger partial charge in [0.25, 0.3) is 0 Å². The molecule has 6 nitrogen and oxygen atoms in total. The van der Waals surface area contributed by atoms with Crippen molar-refractivity contribution in [2.45, 2.75) is 194 Å². The number of allylic oxidation sites excluding steroid dienone is 16. The molecule has 0 radical (unpaired) electrons. The average Bonchev–Trinajstić information content (AvgIpc) is 3.21. The monoisotopic (exact) mass is 791 g/mol. The molecule has 0 aromatic carbocycles. The Labute approximate surface area is 349 Å². The maximum absolute atomic E-state index is 12.7. The number of carbonyl (C=O) groups excluding carboxylic acids is 3. The second kappa shape index (κ2) is 45.0. The molecule has 1 unspecified atom stereocenters. The van der Waals surface area contributed by atoms with Crippen molar-refractivity contribution in [3.8, 4) is 0 Å². The highest BCUT2D eigenvalue weighted by atomic mass is 16.6. The molecule has 0 spiro atoms. The smallest absolute Gasteiger partial charge is 0.306 e. The van der Waals surface area contributed by atoms with Crippen molar-refractivity contribution in [3.05, 3.63) is 97.2 Å². The van der Waals surface area contributed by atoms with Gasteiger partial charge in [-0.15, -0.1) is 0 Å². The Kier molecular flexibility index (Phi) is 42.1. The van der Waals surface area contributed by atoms with Crippen molar-refractivity contribution >= 4 is 17.9 Å². The Hall–Kier alpha value is -3.67. The zero-order chi connectivity index (χ0) is 41.5. The predicted molar refractivity (Wildman–Crippen MR) is 242 cm³/mol. The largest absolute Gasteiger partial charge is 0.462 e. The van der Waals surface area contributed by atoms with Crippen LogP contribution in [0, 0.1) is 0 Å². The Bertz CT molecular complexity index is 1180. The van der Waals surface area contributed by atoms with Crippen molar-refractivity contribution < 1.29 is 28.6 Å². The first-order chi connectivity index (χ1) is 28.0. The van der Waals surface area contributed by atoms with Crippen molar-refractivity contribution in [3.63, 3.8) is 0 Å². The molecule has 0 rings (SSSR count). The SMILES string of the molecule is CC/C=C\C/C=C\C/C=C\CCCCC(=O)OC(COC(=O)CCC/C=C\C/C=C\C/C=C\CC)COC(=O)CCCCC/C=C\C=C/CCCCCCCCC. The van der Waals surface area contributed by atoms with Crippen LogP contribution < -0.4 is 0 Å². The lowest BCUT2D eigenvalue weighted by Crippen LogP contribution is -2.30. The average molecular weight is 791 g/mol. The van der Waals surface area contributed by atoms with Gasteiger partial charge in [-0.05, 0) is 103 Å². The zero-order valence-electron chi connectivity index (χ0n) is 36.6. The summed E-state index contributed by atoms with van der Waals surface area (Å²) in [4.78, 5) is 37.7. The molecule has 322 valence electrons. The summed E-state index contributed by atoms with van der Waals surface area (Å²) in [7, 11) is 0. The molecular weight excluding hydrogens is 709 g/mol. The number of hydrogen-bond acceptors (Lipinski definition) is 6.